The molecule has 1 amide bonds. The minimum absolute atomic E-state index is 0.0411. The van der Waals surface area contributed by atoms with Gasteiger partial charge in [-0.3, -0.25) is 14.7 Å². The molecule has 1 fully saturated rings. The average molecular weight is 348 g/mol. The summed E-state index contributed by atoms with van der Waals surface area (Å²) in [7, 11) is 3.75. The van der Waals surface area contributed by atoms with Gasteiger partial charge in [0.15, 0.2) is 5.17 Å². The summed E-state index contributed by atoms with van der Waals surface area (Å²) in [4.78, 5) is 23.4. The number of aromatic nitrogens is 2. The van der Waals surface area contributed by atoms with Crippen LogP contribution in [-0.4, -0.2) is 32.6 Å². The summed E-state index contributed by atoms with van der Waals surface area (Å²) >= 11 is 1.38. The van der Waals surface area contributed by atoms with Crippen LogP contribution in [0.5, 0.6) is 0 Å². The van der Waals surface area contributed by atoms with Crippen LogP contribution >= 0.6 is 11.8 Å². The Morgan fingerprint density at radius 2 is 2.00 bits per heavy atom. The zero-order chi connectivity index (χ0) is 17.4. The molecule has 4 rings (SSSR count). The van der Waals surface area contributed by atoms with E-state index >= 15 is 0 Å². The average Bonchev–Trinajstić information content (AvgIpc) is 3.09. The van der Waals surface area contributed by atoms with Gasteiger partial charge < -0.3 is 4.57 Å². The van der Waals surface area contributed by atoms with Gasteiger partial charge in [0, 0.05) is 43.0 Å². The smallest absolute Gasteiger partial charge is 0.266 e. The van der Waals surface area contributed by atoms with Gasteiger partial charge in [-0.2, -0.15) is 0 Å². The zero-order valence-corrected chi connectivity index (χ0v) is 14.7. The molecule has 2 aromatic heterocycles. The van der Waals surface area contributed by atoms with Gasteiger partial charge in [-0.05, 0) is 36.0 Å². The monoisotopic (exact) mass is 348 g/mol. The van der Waals surface area contributed by atoms with Gasteiger partial charge in [-0.25, -0.2) is 4.99 Å². The molecule has 0 atom stereocenters. The van der Waals surface area contributed by atoms with E-state index in [1.54, 1.807) is 24.3 Å². The lowest BCUT2D eigenvalue weighted by atomic mass is 10.1. The number of likely N-dealkylation sites (N-methyl/N-ethyl adjacent to an activating group) is 1. The van der Waals surface area contributed by atoms with Crippen LogP contribution in [-0.2, 0) is 11.8 Å². The second-order valence-corrected chi connectivity index (χ2v) is 6.80. The second-order valence-electron chi connectivity index (χ2n) is 5.79. The number of nitrogens with zero attached hydrogens (tertiary/aromatic N) is 4. The molecule has 0 aliphatic carbocycles. The van der Waals surface area contributed by atoms with Crippen molar-refractivity contribution in [3.63, 3.8) is 0 Å². The predicted molar refractivity (Wildman–Crippen MR) is 103 cm³/mol. The van der Waals surface area contributed by atoms with Gasteiger partial charge in [0.25, 0.3) is 5.91 Å². The first kappa shape index (κ1) is 15.7. The molecule has 1 saturated heterocycles. The third kappa shape index (κ3) is 2.85. The molecular formula is C19H16N4OS. The van der Waals surface area contributed by atoms with Crippen molar-refractivity contribution in [3.05, 3.63) is 65.5 Å². The molecule has 0 radical (unpaired) electrons. The summed E-state index contributed by atoms with van der Waals surface area (Å²) in [6.45, 7) is 0. The lowest BCUT2D eigenvalue weighted by molar-refractivity contribution is -0.121. The molecule has 0 bridgehead atoms. The van der Waals surface area contributed by atoms with Gasteiger partial charge in [-0.15, -0.1) is 0 Å². The normalized spacial score (nSPS) is 18.0. The SMILES string of the molecule is CN1C(=O)/C(=C/c2cn(C)c3ccccc23)SC1=Nc1cccnc1. The first-order valence-electron chi connectivity index (χ1n) is 7.84. The van der Waals surface area contributed by atoms with Crippen molar-refractivity contribution in [2.24, 2.45) is 12.0 Å². The summed E-state index contributed by atoms with van der Waals surface area (Å²) in [6.07, 6.45) is 7.36. The Balaban J connectivity index is 1.72. The topological polar surface area (TPSA) is 50.5 Å². The molecule has 1 aromatic carbocycles. The van der Waals surface area contributed by atoms with Crippen molar-refractivity contribution in [2.75, 3.05) is 7.05 Å². The van der Waals surface area contributed by atoms with Crippen molar-refractivity contribution in [1.82, 2.24) is 14.5 Å². The van der Waals surface area contributed by atoms with E-state index in [9.17, 15) is 4.79 Å². The van der Waals surface area contributed by atoms with E-state index in [0.29, 0.717) is 10.1 Å². The molecule has 6 heteroatoms. The summed E-state index contributed by atoms with van der Waals surface area (Å²) < 4.78 is 2.07. The van der Waals surface area contributed by atoms with Crippen molar-refractivity contribution in [2.45, 2.75) is 0 Å². The molecule has 5 nitrogen and oxygen atoms in total. The Hall–Kier alpha value is -2.86. The molecular weight excluding hydrogens is 332 g/mol. The van der Waals surface area contributed by atoms with Crippen molar-refractivity contribution in [3.8, 4) is 0 Å². The quantitative estimate of drug-likeness (QED) is 0.662. The van der Waals surface area contributed by atoms with Crippen molar-refractivity contribution < 1.29 is 4.79 Å². The predicted octanol–water partition coefficient (Wildman–Crippen LogP) is 3.81. The number of hydrogen-bond donors (Lipinski definition) is 0. The summed E-state index contributed by atoms with van der Waals surface area (Å²) in [5.74, 6) is -0.0411. The highest BCUT2D eigenvalue weighted by Crippen LogP contribution is 2.34. The number of hydrogen-bond acceptors (Lipinski definition) is 4. The van der Waals surface area contributed by atoms with E-state index in [1.165, 1.54) is 11.8 Å². The summed E-state index contributed by atoms with van der Waals surface area (Å²) in [5, 5.41) is 1.79. The van der Waals surface area contributed by atoms with Crippen LogP contribution in [0.4, 0.5) is 5.69 Å². The number of fused-ring (bicyclic) bond motifs is 1. The number of amides is 1. The van der Waals surface area contributed by atoms with Crippen LogP contribution < -0.4 is 0 Å². The van der Waals surface area contributed by atoms with Crippen LogP contribution in [0.3, 0.4) is 0 Å². The number of amidine groups is 1. The third-order valence-corrected chi connectivity index (χ3v) is 5.15. The fourth-order valence-corrected chi connectivity index (χ4v) is 3.79. The highest BCUT2D eigenvalue weighted by molar-refractivity contribution is 8.18. The van der Waals surface area contributed by atoms with E-state index in [2.05, 4.69) is 26.7 Å². The van der Waals surface area contributed by atoms with Gasteiger partial charge in [0.2, 0.25) is 0 Å². The van der Waals surface area contributed by atoms with E-state index in [4.69, 9.17) is 0 Å². The summed E-state index contributed by atoms with van der Waals surface area (Å²) in [5.41, 5.74) is 2.91. The number of para-hydroxylation sites is 1. The Kier molecular flexibility index (Phi) is 3.89. The number of rotatable bonds is 2. The molecule has 3 heterocycles. The number of aryl methyl sites for hydroxylation is 1. The van der Waals surface area contributed by atoms with E-state index in [0.717, 1.165) is 22.2 Å². The molecule has 3 aromatic rings. The molecule has 0 spiro atoms. The molecule has 124 valence electrons. The number of carbonyl (C=O) groups is 1. The minimum Gasteiger partial charge on any atom is -0.350 e. The van der Waals surface area contributed by atoms with Crippen LogP contribution in [0.2, 0.25) is 0 Å². The summed E-state index contributed by atoms with van der Waals surface area (Å²) in [6, 6.07) is 11.9. The standard InChI is InChI=1S/C19H16N4OS/c1-22-12-13(15-7-3-4-8-16(15)22)10-17-18(24)23(2)19(25-17)21-14-6-5-9-20-11-14/h3-12H,1-2H3/b17-10-,21-19?. The minimum atomic E-state index is -0.0411. The highest BCUT2D eigenvalue weighted by atomic mass is 32.2. The van der Waals surface area contributed by atoms with E-state index in [1.807, 2.05) is 43.6 Å². The van der Waals surface area contributed by atoms with Gasteiger partial charge in [0.05, 0.1) is 16.8 Å². The maximum absolute atomic E-state index is 12.6. The van der Waals surface area contributed by atoms with Crippen molar-refractivity contribution in [1.29, 1.82) is 0 Å². The first-order chi connectivity index (χ1) is 12.1. The fraction of sp³-hybridized carbons (Fsp3) is 0.105. The molecule has 1 aliphatic heterocycles. The Bertz CT molecular complexity index is 1020. The first-order valence-corrected chi connectivity index (χ1v) is 8.65. The number of thioether (sulfide) groups is 1. The Morgan fingerprint density at radius 3 is 2.80 bits per heavy atom. The number of pyridine rings is 1. The maximum atomic E-state index is 12.6. The van der Waals surface area contributed by atoms with Crippen LogP contribution in [0.1, 0.15) is 5.56 Å². The third-order valence-electron chi connectivity index (χ3n) is 4.09. The molecule has 0 N–H and O–H groups in total. The fourth-order valence-electron chi connectivity index (χ4n) is 2.81. The number of benzene rings is 1. The molecule has 0 saturated carbocycles. The second kappa shape index (κ2) is 6.22. The van der Waals surface area contributed by atoms with Crippen LogP contribution in [0.15, 0.2) is 64.9 Å². The lowest BCUT2D eigenvalue weighted by Gasteiger charge is -2.06. The Morgan fingerprint density at radius 1 is 1.16 bits per heavy atom. The lowest BCUT2D eigenvalue weighted by Crippen LogP contribution is -2.23. The maximum Gasteiger partial charge on any atom is 0.266 e. The largest absolute Gasteiger partial charge is 0.350 e. The zero-order valence-electron chi connectivity index (χ0n) is 13.9. The van der Waals surface area contributed by atoms with Gasteiger partial charge in [-0.1, -0.05) is 18.2 Å². The molecule has 1 aliphatic rings. The van der Waals surface area contributed by atoms with Crippen LogP contribution in [0, 0.1) is 0 Å². The molecule has 0 unspecified atom stereocenters. The van der Waals surface area contributed by atoms with E-state index < -0.39 is 0 Å². The van der Waals surface area contributed by atoms with Gasteiger partial charge in [0.1, 0.15) is 0 Å². The molecule has 25 heavy (non-hydrogen) atoms. The number of carbonyl (C=O) groups excluding carboxylic acids is 1. The van der Waals surface area contributed by atoms with Crippen LogP contribution in [0.25, 0.3) is 17.0 Å². The number of aliphatic imine (C=N–C) groups is 1. The highest BCUT2D eigenvalue weighted by Gasteiger charge is 2.30. The van der Waals surface area contributed by atoms with Gasteiger partial charge >= 0.3 is 0 Å². The Labute approximate surface area is 149 Å². The van der Waals surface area contributed by atoms with E-state index in [-0.39, 0.29) is 5.91 Å². The van der Waals surface area contributed by atoms with Crippen molar-refractivity contribution >= 4 is 45.5 Å².